The van der Waals surface area contributed by atoms with Gasteiger partial charge in [0.05, 0.1) is 4.92 Å². The molecule has 5 heteroatoms. The molecule has 0 saturated carbocycles. The molecule has 0 bridgehead atoms. The normalized spacial score (nSPS) is 13.5. The van der Waals surface area contributed by atoms with E-state index in [1.54, 1.807) is 38.1 Å². The van der Waals surface area contributed by atoms with Crippen molar-refractivity contribution in [3.63, 3.8) is 0 Å². The van der Waals surface area contributed by atoms with E-state index in [1.807, 2.05) is 18.2 Å². The number of rotatable bonds is 5. The lowest BCUT2D eigenvalue weighted by molar-refractivity contribution is -0.386. The number of nitro groups is 1. The van der Waals surface area contributed by atoms with Crippen LogP contribution in [-0.2, 0) is 5.60 Å². The van der Waals surface area contributed by atoms with Crippen molar-refractivity contribution in [3.8, 4) is 5.75 Å². The van der Waals surface area contributed by atoms with Crippen LogP contribution in [0.4, 0.5) is 5.69 Å². The summed E-state index contributed by atoms with van der Waals surface area (Å²) in [5.41, 5.74) is 0.155. The summed E-state index contributed by atoms with van der Waals surface area (Å²) in [5.74, 6) is 0.154. The van der Waals surface area contributed by atoms with E-state index in [2.05, 4.69) is 0 Å². The van der Waals surface area contributed by atoms with Gasteiger partial charge in [0.2, 0.25) is 0 Å². The third kappa shape index (κ3) is 3.58. The van der Waals surface area contributed by atoms with E-state index < -0.39 is 10.5 Å². The number of aryl methyl sites for hydroxylation is 1. The first-order valence-electron chi connectivity index (χ1n) is 6.56. The predicted molar refractivity (Wildman–Crippen MR) is 79.3 cm³/mol. The molecule has 0 saturated heterocycles. The number of hydrogen-bond acceptors (Lipinski definition) is 4. The minimum Gasteiger partial charge on any atom is -0.483 e. The Bertz CT molecular complexity index is 638. The molecule has 0 fully saturated rings. The Kier molecular flexibility index (Phi) is 4.23. The minimum absolute atomic E-state index is 0.0685. The highest BCUT2D eigenvalue weighted by atomic mass is 16.6. The fraction of sp³-hybridized carbons (Fsp3) is 0.250. The lowest BCUT2D eigenvalue weighted by Gasteiger charge is -2.23. The van der Waals surface area contributed by atoms with E-state index in [-0.39, 0.29) is 18.0 Å². The fourth-order valence-corrected chi connectivity index (χ4v) is 1.99. The molecule has 0 spiro atoms. The Hall–Kier alpha value is -2.40. The molecular weight excluding hydrogens is 270 g/mol. The van der Waals surface area contributed by atoms with Crippen molar-refractivity contribution in [2.24, 2.45) is 0 Å². The quantitative estimate of drug-likeness (QED) is 0.677. The summed E-state index contributed by atoms with van der Waals surface area (Å²) in [6.45, 7) is 3.32. The highest BCUT2D eigenvalue weighted by Gasteiger charge is 2.25. The van der Waals surface area contributed by atoms with Gasteiger partial charge < -0.3 is 9.84 Å². The Labute approximate surface area is 123 Å². The standard InChI is InChI=1S/C16H17NO4/c1-12-8-9-15(14(10-12)17(19)20)21-11-16(2,18)13-6-4-3-5-7-13/h3-10,18H,11H2,1-2H3. The lowest BCUT2D eigenvalue weighted by Crippen LogP contribution is -2.29. The maximum absolute atomic E-state index is 11.0. The van der Waals surface area contributed by atoms with E-state index in [0.29, 0.717) is 5.56 Å². The molecule has 0 aromatic heterocycles. The van der Waals surface area contributed by atoms with E-state index in [9.17, 15) is 15.2 Å². The number of hydrogen-bond donors (Lipinski definition) is 1. The predicted octanol–water partition coefficient (Wildman–Crippen LogP) is 3.19. The van der Waals surface area contributed by atoms with Crippen LogP contribution in [0.25, 0.3) is 0 Å². The van der Waals surface area contributed by atoms with Crippen LogP contribution < -0.4 is 4.74 Å². The molecule has 1 atom stereocenters. The highest BCUT2D eigenvalue weighted by Crippen LogP contribution is 2.30. The van der Waals surface area contributed by atoms with E-state index in [0.717, 1.165) is 5.56 Å². The number of nitro benzene ring substituents is 1. The summed E-state index contributed by atoms with van der Waals surface area (Å²) in [5, 5.41) is 21.5. The van der Waals surface area contributed by atoms with Crippen LogP contribution in [0.2, 0.25) is 0 Å². The molecule has 1 N–H and O–H groups in total. The molecule has 5 nitrogen and oxygen atoms in total. The van der Waals surface area contributed by atoms with Crippen molar-refractivity contribution >= 4 is 5.69 Å². The summed E-state index contributed by atoms with van der Waals surface area (Å²) in [6.07, 6.45) is 0. The third-order valence-electron chi connectivity index (χ3n) is 3.22. The molecule has 0 radical (unpaired) electrons. The largest absolute Gasteiger partial charge is 0.483 e. The minimum atomic E-state index is -1.22. The zero-order valence-electron chi connectivity index (χ0n) is 11.9. The molecule has 2 aromatic rings. The van der Waals surface area contributed by atoms with Crippen LogP contribution >= 0.6 is 0 Å². The SMILES string of the molecule is Cc1ccc(OCC(C)(O)c2ccccc2)c([N+](=O)[O-])c1. The summed E-state index contributed by atoms with van der Waals surface area (Å²) >= 11 is 0. The lowest BCUT2D eigenvalue weighted by atomic mass is 9.97. The molecule has 21 heavy (non-hydrogen) atoms. The van der Waals surface area contributed by atoms with Crippen LogP contribution in [0.3, 0.4) is 0 Å². The van der Waals surface area contributed by atoms with Crippen LogP contribution in [0, 0.1) is 17.0 Å². The first-order chi connectivity index (χ1) is 9.90. The Morgan fingerprint density at radius 3 is 2.52 bits per heavy atom. The molecule has 2 rings (SSSR count). The van der Waals surface area contributed by atoms with Gasteiger partial charge in [0.15, 0.2) is 5.75 Å². The van der Waals surface area contributed by atoms with Gasteiger partial charge in [-0.05, 0) is 31.0 Å². The van der Waals surface area contributed by atoms with E-state index in [1.165, 1.54) is 6.07 Å². The smallest absolute Gasteiger partial charge is 0.311 e. The van der Waals surface area contributed by atoms with Gasteiger partial charge in [0, 0.05) is 6.07 Å². The van der Waals surface area contributed by atoms with Gasteiger partial charge in [-0.25, -0.2) is 0 Å². The Morgan fingerprint density at radius 1 is 1.24 bits per heavy atom. The van der Waals surface area contributed by atoms with E-state index >= 15 is 0 Å². The van der Waals surface area contributed by atoms with Gasteiger partial charge in [-0.2, -0.15) is 0 Å². The van der Waals surface area contributed by atoms with Gasteiger partial charge in [0.1, 0.15) is 12.2 Å². The molecule has 0 aliphatic heterocycles. The average molecular weight is 287 g/mol. The second-order valence-corrected chi connectivity index (χ2v) is 5.16. The molecule has 0 heterocycles. The van der Waals surface area contributed by atoms with Crippen molar-refractivity contribution in [3.05, 3.63) is 69.8 Å². The number of benzene rings is 2. The van der Waals surface area contributed by atoms with Crippen LogP contribution in [0.15, 0.2) is 48.5 Å². The van der Waals surface area contributed by atoms with Crippen LogP contribution in [-0.4, -0.2) is 16.6 Å². The van der Waals surface area contributed by atoms with Crippen molar-refractivity contribution in [1.29, 1.82) is 0 Å². The maximum Gasteiger partial charge on any atom is 0.311 e. The van der Waals surface area contributed by atoms with Gasteiger partial charge in [-0.15, -0.1) is 0 Å². The van der Waals surface area contributed by atoms with Gasteiger partial charge >= 0.3 is 5.69 Å². The van der Waals surface area contributed by atoms with Crippen LogP contribution in [0.1, 0.15) is 18.1 Å². The zero-order chi connectivity index (χ0) is 15.5. The van der Waals surface area contributed by atoms with Crippen LogP contribution in [0.5, 0.6) is 5.75 Å². The van der Waals surface area contributed by atoms with Gasteiger partial charge in [0.25, 0.3) is 0 Å². The summed E-state index contributed by atoms with van der Waals surface area (Å²) in [4.78, 5) is 10.5. The first-order valence-corrected chi connectivity index (χ1v) is 6.56. The Balaban J connectivity index is 2.18. The monoisotopic (exact) mass is 287 g/mol. The molecule has 1 unspecified atom stereocenters. The molecule has 110 valence electrons. The topological polar surface area (TPSA) is 72.6 Å². The summed E-state index contributed by atoms with van der Waals surface area (Å²) in [6, 6.07) is 13.8. The average Bonchev–Trinajstić information content (AvgIpc) is 2.47. The molecule has 0 aliphatic rings. The van der Waals surface area contributed by atoms with Crippen molar-refractivity contribution < 1.29 is 14.8 Å². The Morgan fingerprint density at radius 2 is 1.90 bits per heavy atom. The van der Waals surface area contributed by atoms with Gasteiger partial charge in [-0.3, -0.25) is 10.1 Å². The maximum atomic E-state index is 11.0. The molecule has 2 aromatic carbocycles. The number of ether oxygens (including phenoxy) is 1. The third-order valence-corrected chi connectivity index (χ3v) is 3.22. The van der Waals surface area contributed by atoms with Crippen molar-refractivity contribution in [1.82, 2.24) is 0 Å². The highest BCUT2D eigenvalue weighted by molar-refractivity contribution is 5.48. The van der Waals surface area contributed by atoms with Gasteiger partial charge in [-0.1, -0.05) is 36.4 Å². The van der Waals surface area contributed by atoms with E-state index in [4.69, 9.17) is 4.74 Å². The summed E-state index contributed by atoms with van der Waals surface area (Å²) < 4.78 is 5.48. The number of nitrogens with zero attached hydrogens (tertiary/aromatic N) is 1. The molecule has 0 aliphatic carbocycles. The fourth-order valence-electron chi connectivity index (χ4n) is 1.99. The second-order valence-electron chi connectivity index (χ2n) is 5.16. The summed E-state index contributed by atoms with van der Waals surface area (Å²) in [7, 11) is 0. The van der Waals surface area contributed by atoms with Crippen molar-refractivity contribution in [2.45, 2.75) is 19.4 Å². The first kappa shape index (κ1) is 15.0. The molecular formula is C16H17NO4. The van der Waals surface area contributed by atoms with Crippen molar-refractivity contribution in [2.75, 3.05) is 6.61 Å². The second kappa shape index (κ2) is 5.93. The zero-order valence-corrected chi connectivity index (χ0v) is 11.9. The number of aliphatic hydroxyl groups is 1. The molecule has 0 amide bonds.